The van der Waals surface area contributed by atoms with Gasteiger partial charge in [-0.3, -0.25) is 9.78 Å². The fourth-order valence-electron chi connectivity index (χ4n) is 2.70. The Morgan fingerprint density at radius 2 is 1.96 bits per heavy atom. The third-order valence-electron chi connectivity index (χ3n) is 4.35. The number of alkyl halides is 3. The largest absolute Gasteiger partial charge is 0.433 e. The van der Waals surface area contributed by atoms with Crippen molar-refractivity contribution in [2.45, 2.75) is 31.4 Å². The molecule has 0 aliphatic heterocycles. The van der Waals surface area contributed by atoms with Crippen molar-refractivity contribution < 1.29 is 22.5 Å². The molecule has 4 rings (SSSR count). The molecule has 0 atom stereocenters. The van der Waals surface area contributed by atoms with Crippen LogP contribution >= 0.6 is 0 Å². The molecule has 2 aromatic heterocycles. The predicted octanol–water partition coefficient (Wildman–Crippen LogP) is 4.20. The summed E-state index contributed by atoms with van der Waals surface area (Å²) in [4.78, 5) is 20.1. The van der Waals surface area contributed by atoms with Gasteiger partial charge < -0.3 is 9.84 Å². The number of nitrogens with one attached hydrogen (secondary N) is 1. The minimum absolute atomic E-state index is 0.0246. The Hall–Kier alpha value is -3.23. The topological polar surface area (TPSA) is 80.9 Å². The molecule has 1 aromatic carbocycles. The molecule has 2 heterocycles. The lowest BCUT2D eigenvalue weighted by Crippen LogP contribution is -2.15. The average Bonchev–Trinajstić information content (AvgIpc) is 3.42. The van der Waals surface area contributed by atoms with Crippen molar-refractivity contribution in [2.75, 3.05) is 5.32 Å². The zero-order chi connectivity index (χ0) is 19.7. The number of amides is 1. The van der Waals surface area contributed by atoms with E-state index in [-0.39, 0.29) is 5.56 Å². The number of para-hydroxylation sites is 1. The van der Waals surface area contributed by atoms with Crippen LogP contribution in [-0.2, 0) is 12.6 Å². The van der Waals surface area contributed by atoms with Crippen LogP contribution < -0.4 is 5.32 Å². The van der Waals surface area contributed by atoms with Gasteiger partial charge in [0, 0.05) is 17.8 Å². The summed E-state index contributed by atoms with van der Waals surface area (Å²) in [6, 6.07) is 8.92. The molecule has 28 heavy (non-hydrogen) atoms. The molecule has 0 radical (unpaired) electrons. The number of pyridine rings is 1. The minimum atomic E-state index is -4.55. The molecule has 1 fully saturated rings. The van der Waals surface area contributed by atoms with E-state index < -0.39 is 17.8 Å². The van der Waals surface area contributed by atoms with Gasteiger partial charge in [0.2, 0.25) is 5.89 Å². The Labute approximate surface area is 157 Å². The molecule has 0 unspecified atom stereocenters. The van der Waals surface area contributed by atoms with E-state index in [0.29, 0.717) is 29.7 Å². The third-order valence-corrected chi connectivity index (χ3v) is 4.35. The number of anilines is 1. The highest BCUT2D eigenvalue weighted by atomic mass is 19.4. The lowest BCUT2D eigenvalue weighted by Gasteiger charge is -2.10. The fraction of sp³-hybridized carbons (Fsp3) is 0.263. The van der Waals surface area contributed by atoms with Gasteiger partial charge in [0.1, 0.15) is 5.69 Å². The maximum Gasteiger partial charge on any atom is 0.433 e. The van der Waals surface area contributed by atoms with Gasteiger partial charge in [-0.1, -0.05) is 23.4 Å². The first-order chi connectivity index (χ1) is 13.4. The van der Waals surface area contributed by atoms with Crippen LogP contribution in [0.4, 0.5) is 18.9 Å². The van der Waals surface area contributed by atoms with Gasteiger partial charge in [0.05, 0.1) is 12.0 Å². The summed E-state index contributed by atoms with van der Waals surface area (Å²) >= 11 is 0. The van der Waals surface area contributed by atoms with Gasteiger partial charge >= 0.3 is 6.18 Å². The van der Waals surface area contributed by atoms with E-state index in [2.05, 4.69) is 20.4 Å². The molecule has 3 aromatic rings. The highest BCUT2D eigenvalue weighted by molar-refractivity contribution is 6.04. The van der Waals surface area contributed by atoms with E-state index in [0.717, 1.165) is 36.7 Å². The second-order valence-corrected chi connectivity index (χ2v) is 6.54. The summed E-state index contributed by atoms with van der Waals surface area (Å²) in [5.41, 5.74) is 0.240. The van der Waals surface area contributed by atoms with Crippen molar-refractivity contribution in [1.29, 1.82) is 0 Å². The molecule has 1 amide bonds. The number of hydrogen-bond donors (Lipinski definition) is 1. The van der Waals surface area contributed by atoms with Crippen LogP contribution in [0.3, 0.4) is 0 Å². The second-order valence-electron chi connectivity index (χ2n) is 6.54. The van der Waals surface area contributed by atoms with E-state index in [1.54, 1.807) is 12.1 Å². The molecule has 1 aliphatic carbocycles. The first-order valence-corrected chi connectivity index (χ1v) is 8.65. The van der Waals surface area contributed by atoms with Crippen LogP contribution in [0.15, 0.2) is 47.1 Å². The molecule has 6 nitrogen and oxygen atoms in total. The smallest absolute Gasteiger partial charge is 0.339 e. The summed E-state index contributed by atoms with van der Waals surface area (Å²) in [7, 11) is 0. The van der Waals surface area contributed by atoms with E-state index in [1.165, 1.54) is 0 Å². The SMILES string of the molecule is O=C(Nc1ccccc1Cc1nc(C2CC2)no1)c1ccc(C(F)(F)F)nc1. The number of halogens is 3. The standard InChI is InChI=1S/C19H15F3N4O2/c20-19(21,22)15-8-7-13(10-23-15)18(27)24-14-4-2-1-3-12(14)9-16-25-17(26-28-16)11-5-6-11/h1-4,7-8,10-11H,5-6,9H2,(H,24,27). The average molecular weight is 388 g/mol. The van der Waals surface area contributed by atoms with Crippen LogP contribution in [0.2, 0.25) is 0 Å². The second kappa shape index (κ2) is 7.06. The molecule has 1 N–H and O–H groups in total. The normalized spacial score (nSPS) is 14.1. The monoisotopic (exact) mass is 388 g/mol. The molecule has 9 heteroatoms. The first-order valence-electron chi connectivity index (χ1n) is 8.65. The van der Waals surface area contributed by atoms with E-state index in [1.807, 2.05) is 12.1 Å². The van der Waals surface area contributed by atoms with Crippen LogP contribution in [0.1, 0.15) is 52.1 Å². The number of benzene rings is 1. The number of hydrogen-bond acceptors (Lipinski definition) is 5. The van der Waals surface area contributed by atoms with Gasteiger partial charge in [-0.15, -0.1) is 0 Å². The van der Waals surface area contributed by atoms with Gasteiger partial charge in [-0.2, -0.15) is 18.2 Å². The van der Waals surface area contributed by atoms with Crippen molar-refractivity contribution in [3.63, 3.8) is 0 Å². The highest BCUT2D eigenvalue weighted by Crippen LogP contribution is 2.38. The van der Waals surface area contributed by atoms with Gasteiger partial charge in [-0.25, -0.2) is 0 Å². The summed E-state index contributed by atoms with van der Waals surface area (Å²) in [5, 5.41) is 6.66. The molecule has 0 spiro atoms. The van der Waals surface area contributed by atoms with Crippen molar-refractivity contribution >= 4 is 11.6 Å². The van der Waals surface area contributed by atoms with Gasteiger partial charge in [-0.05, 0) is 36.6 Å². The third kappa shape index (κ3) is 4.03. The van der Waals surface area contributed by atoms with Gasteiger partial charge in [0.15, 0.2) is 5.82 Å². The van der Waals surface area contributed by atoms with E-state index >= 15 is 0 Å². The Morgan fingerprint density at radius 3 is 2.64 bits per heavy atom. The number of carbonyl (C=O) groups is 1. The molecule has 144 valence electrons. The lowest BCUT2D eigenvalue weighted by atomic mass is 10.1. The van der Waals surface area contributed by atoms with Crippen molar-refractivity contribution in [3.05, 3.63) is 71.1 Å². The van der Waals surface area contributed by atoms with E-state index in [4.69, 9.17) is 4.52 Å². The molecule has 0 saturated heterocycles. The van der Waals surface area contributed by atoms with E-state index in [9.17, 15) is 18.0 Å². The molecular formula is C19H15F3N4O2. The summed E-state index contributed by atoms with van der Waals surface area (Å²) < 4.78 is 43.1. The quantitative estimate of drug-likeness (QED) is 0.708. The Balaban J connectivity index is 1.49. The van der Waals surface area contributed by atoms with Crippen molar-refractivity contribution in [1.82, 2.24) is 15.1 Å². The van der Waals surface area contributed by atoms with Crippen molar-refractivity contribution in [2.24, 2.45) is 0 Å². The number of nitrogens with zero attached hydrogens (tertiary/aromatic N) is 3. The number of aromatic nitrogens is 3. The summed E-state index contributed by atoms with van der Waals surface area (Å²) in [6.07, 6.45) is -1.19. The predicted molar refractivity (Wildman–Crippen MR) is 92.7 cm³/mol. The molecule has 1 saturated carbocycles. The maximum atomic E-state index is 12.6. The summed E-state index contributed by atoms with van der Waals surface area (Å²) in [5.74, 6) is 0.963. The number of carbonyl (C=O) groups excluding carboxylic acids is 1. The van der Waals surface area contributed by atoms with Crippen LogP contribution in [0, 0.1) is 0 Å². The Morgan fingerprint density at radius 1 is 1.18 bits per heavy atom. The zero-order valence-electron chi connectivity index (χ0n) is 14.5. The Bertz CT molecular complexity index is 995. The summed E-state index contributed by atoms with van der Waals surface area (Å²) in [6.45, 7) is 0. The highest BCUT2D eigenvalue weighted by Gasteiger charge is 2.32. The van der Waals surface area contributed by atoms with Crippen molar-refractivity contribution in [3.8, 4) is 0 Å². The van der Waals surface area contributed by atoms with Crippen LogP contribution in [0.25, 0.3) is 0 Å². The fourth-order valence-corrected chi connectivity index (χ4v) is 2.70. The molecular weight excluding hydrogens is 373 g/mol. The van der Waals surface area contributed by atoms with Crippen LogP contribution in [0.5, 0.6) is 0 Å². The lowest BCUT2D eigenvalue weighted by molar-refractivity contribution is -0.141. The first kappa shape index (κ1) is 18.1. The molecule has 1 aliphatic rings. The maximum absolute atomic E-state index is 12.6. The Kier molecular flexibility index (Phi) is 4.58. The van der Waals surface area contributed by atoms with Gasteiger partial charge in [0.25, 0.3) is 5.91 Å². The molecule has 0 bridgehead atoms. The number of rotatable bonds is 5. The van der Waals surface area contributed by atoms with Crippen LogP contribution in [-0.4, -0.2) is 21.0 Å². The zero-order valence-corrected chi connectivity index (χ0v) is 14.5. The minimum Gasteiger partial charge on any atom is -0.339 e.